The lowest BCUT2D eigenvalue weighted by Gasteiger charge is -2.29. The number of aromatic nitrogens is 2. The molecule has 2 fully saturated rings. The van der Waals surface area contributed by atoms with Crippen LogP contribution in [0.15, 0.2) is 91.3 Å². The minimum atomic E-state index is -0.961. The monoisotopic (exact) mass is 524 g/mol. The summed E-state index contributed by atoms with van der Waals surface area (Å²) in [6.45, 7) is 0. The molecule has 0 amide bonds. The van der Waals surface area contributed by atoms with Crippen molar-refractivity contribution in [2.45, 2.75) is 43.9 Å². The Morgan fingerprint density at radius 1 is 0.974 bits per heavy atom. The van der Waals surface area contributed by atoms with E-state index in [1.807, 2.05) is 71.4 Å². The number of ether oxygens (including phenoxy) is 1. The van der Waals surface area contributed by atoms with E-state index in [0.717, 1.165) is 41.4 Å². The Bertz CT molecular complexity index is 1450. The van der Waals surface area contributed by atoms with Gasteiger partial charge in [0.2, 0.25) is 0 Å². The number of carboxylic acids is 1. The molecule has 192 valence electrons. The van der Waals surface area contributed by atoms with Crippen LogP contribution >= 0.6 is 12.2 Å². The third-order valence-electron chi connectivity index (χ3n) is 7.27. The van der Waals surface area contributed by atoms with Gasteiger partial charge in [0.25, 0.3) is 0 Å². The second-order valence-electron chi connectivity index (χ2n) is 9.67. The van der Waals surface area contributed by atoms with E-state index in [-0.39, 0.29) is 17.6 Å². The Morgan fingerprint density at radius 2 is 1.79 bits per heavy atom. The molecule has 8 heteroatoms. The number of hydrogen-bond donors (Lipinski definition) is 2. The average molecular weight is 525 g/mol. The zero-order valence-corrected chi connectivity index (χ0v) is 21.6. The summed E-state index contributed by atoms with van der Waals surface area (Å²) in [5.74, 6) is -0.0948. The van der Waals surface area contributed by atoms with Crippen LogP contribution in [0.3, 0.4) is 0 Å². The van der Waals surface area contributed by atoms with Gasteiger partial charge in [-0.15, -0.1) is 0 Å². The molecule has 2 aliphatic rings. The number of nitrogens with zero attached hydrogens (tertiary/aromatic N) is 3. The van der Waals surface area contributed by atoms with Crippen molar-refractivity contribution in [3.8, 4) is 11.4 Å². The molecule has 2 N–H and O–H groups in total. The molecule has 1 aliphatic heterocycles. The largest absolute Gasteiger partial charge is 0.490 e. The van der Waals surface area contributed by atoms with Gasteiger partial charge in [-0.3, -0.25) is 4.98 Å². The maximum Gasteiger partial charge on any atom is 0.335 e. The lowest BCUT2D eigenvalue weighted by atomic mass is 10.0. The van der Waals surface area contributed by atoms with Crippen LogP contribution in [0, 0.1) is 0 Å². The van der Waals surface area contributed by atoms with E-state index >= 15 is 0 Å². The number of hydrogen-bond acceptors (Lipinski definition) is 4. The summed E-state index contributed by atoms with van der Waals surface area (Å²) >= 11 is 5.88. The molecule has 2 aromatic carbocycles. The Kier molecular flexibility index (Phi) is 6.55. The number of aromatic carboxylic acids is 1. The quantitative estimate of drug-likeness (QED) is 0.284. The summed E-state index contributed by atoms with van der Waals surface area (Å²) in [4.78, 5) is 18.4. The molecule has 0 spiro atoms. The lowest BCUT2D eigenvalue weighted by molar-refractivity contribution is 0.0697. The van der Waals surface area contributed by atoms with Crippen molar-refractivity contribution in [3.63, 3.8) is 0 Å². The number of thiocarbonyl (C=S) groups is 1. The molecule has 2 atom stereocenters. The Balaban J connectivity index is 1.40. The van der Waals surface area contributed by atoms with E-state index in [4.69, 9.17) is 17.0 Å². The van der Waals surface area contributed by atoms with Gasteiger partial charge in [0.1, 0.15) is 11.8 Å². The van der Waals surface area contributed by atoms with E-state index in [2.05, 4.69) is 15.2 Å². The van der Waals surface area contributed by atoms with Crippen molar-refractivity contribution in [3.05, 3.63) is 108 Å². The van der Waals surface area contributed by atoms with E-state index < -0.39 is 5.97 Å². The van der Waals surface area contributed by atoms with Crippen LogP contribution in [0.5, 0.6) is 5.75 Å². The van der Waals surface area contributed by atoms with Crippen LogP contribution in [-0.4, -0.2) is 31.8 Å². The first kappa shape index (κ1) is 24.2. The van der Waals surface area contributed by atoms with Crippen LogP contribution in [0.2, 0.25) is 0 Å². The summed E-state index contributed by atoms with van der Waals surface area (Å²) < 4.78 is 8.21. The summed E-state index contributed by atoms with van der Waals surface area (Å²) in [7, 11) is 0. The van der Waals surface area contributed by atoms with Crippen LogP contribution in [0.25, 0.3) is 5.69 Å². The van der Waals surface area contributed by atoms with Gasteiger partial charge in [0, 0.05) is 29.5 Å². The fourth-order valence-electron chi connectivity index (χ4n) is 5.48. The van der Waals surface area contributed by atoms with Gasteiger partial charge in [0.15, 0.2) is 5.11 Å². The molecule has 1 saturated carbocycles. The van der Waals surface area contributed by atoms with Crippen LogP contribution in [0.1, 0.15) is 59.5 Å². The smallest absolute Gasteiger partial charge is 0.335 e. The minimum Gasteiger partial charge on any atom is -0.490 e. The van der Waals surface area contributed by atoms with Crippen molar-refractivity contribution >= 4 is 29.0 Å². The van der Waals surface area contributed by atoms with Crippen molar-refractivity contribution < 1.29 is 14.6 Å². The number of carboxylic acid groups (broad SMARTS) is 1. The SMILES string of the molecule is O=C(O)c1cccc(-n2cccc2[C@@H]2[C@H](c3ccccn3)NC(=S)N2c2ccc(OC3CCCC3)cc2)c1. The standard InChI is InChI=1S/C30H28N4O3S/c35-29(36)20-7-5-8-22(19-20)33-18-6-12-26(33)28-27(25-11-3-4-17-31-25)32-30(38)34(28)21-13-15-24(16-14-21)37-23-9-1-2-10-23/h3-8,11-19,23,27-28H,1-2,9-10H2,(H,32,38)(H,35,36)/t27-,28+/m0/s1. The zero-order valence-electron chi connectivity index (χ0n) is 20.7. The highest BCUT2D eigenvalue weighted by Crippen LogP contribution is 2.42. The molecule has 3 heterocycles. The molecule has 1 aliphatic carbocycles. The van der Waals surface area contributed by atoms with Gasteiger partial charge in [-0.1, -0.05) is 12.1 Å². The maximum atomic E-state index is 11.7. The van der Waals surface area contributed by atoms with Gasteiger partial charge >= 0.3 is 5.97 Å². The molecule has 2 aromatic heterocycles. The molecular weight excluding hydrogens is 496 g/mol. The van der Waals surface area contributed by atoms with Crippen molar-refractivity contribution in [2.24, 2.45) is 0 Å². The van der Waals surface area contributed by atoms with Crippen LogP contribution in [-0.2, 0) is 0 Å². The van der Waals surface area contributed by atoms with Gasteiger partial charge in [-0.2, -0.15) is 0 Å². The van der Waals surface area contributed by atoms with Gasteiger partial charge < -0.3 is 24.6 Å². The number of nitrogens with one attached hydrogen (secondary N) is 1. The number of carbonyl (C=O) groups is 1. The molecule has 0 bridgehead atoms. The number of benzene rings is 2. The molecule has 0 unspecified atom stereocenters. The predicted molar refractivity (Wildman–Crippen MR) is 150 cm³/mol. The third kappa shape index (κ3) is 4.63. The van der Waals surface area contributed by atoms with Crippen molar-refractivity contribution in [2.75, 3.05) is 4.90 Å². The zero-order chi connectivity index (χ0) is 26.1. The van der Waals surface area contributed by atoms with E-state index in [0.29, 0.717) is 11.2 Å². The topological polar surface area (TPSA) is 79.6 Å². The summed E-state index contributed by atoms with van der Waals surface area (Å²) in [5.41, 5.74) is 3.77. The number of rotatable bonds is 7. The Morgan fingerprint density at radius 3 is 2.53 bits per heavy atom. The van der Waals surface area contributed by atoms with Crippen LogP contribution < -0.4 is 15.0 Å². The average Bonchev–Trinajstić information content (AvgIpc) is 3.70. The van der Waals surface area contributed by atoms with Crippen molar-refractivity contribution in [1.82, 2.24) is 14.9 Å². The van der Waals surface area contributed by atoms with Crippen molar-refractivity contribution in [1.29, 1.82) is 0 Å². The molecule has 0 radical (unpaired) electrons. The molecule has 7 nitrogen and oxygen atoms in total. The number of anilines is 1. The van der Waals surface area contributed by atoms with Gasteiger partial charge in [-0.25, -0.2) is 4.79 Å². The first-order chi connectivity index (χ1) is 18.6. The summed E-state index contributed by atoms with van der Waals surface area (Å²) in [5, 5.41) is 13.6. The predicted octanol–water partition coefficient (Wildman–Crippen LogP) is 6.07. The normalized spacial score (nSPS) is 19.5. The molecule has 38 heavy (non-hydrogen) atoms. The lowest BCUT2D eigenvalue weighted by Crippen LogP contribution is -2.30. The van der Waals surface area contributed by atoms with E-state index in [9.17, 15) is 9.90 Å². The highest BCUT2D eigenvalue weighted by molar-refractivity contribution is 7.80. The first-order valence-corrected chi connectivity index (χ1v) is 13.3. The summed E-state index contributed by atoms with van der Waals surface area (Å²) in [6, 6.07) is 24.5. The Hall–Kier alpha value is -4.17. The second kappa shape index (κ2) is 10.3. The molecule has 1 saturated heterocycles. The van der Waals surface area contributed by atoms with E-state index in [1.165, 1.54) is 12.8 Å². The third-order valence-corrected chi connectivity index (χ3v) is 7.59. The fourth-order valence-corrected chi connectivity index (χ4v) is 5.82. The van der Waals surface area contributed by atoms with Gasteiger partial charge in [-0.05, 0) is 105 Å². The first-order valence-electron chi connectivity index (χ1n) is 12.9. The molecular formula is C30H28N4O3S. The second-order valence-corrected chi connectivity index (χ2v) is 10.1. The molecule has 4 aromatic rings. The van der Waals surface area contributed by atoms with Gasteiger partial charge in [0.05, 0.1) is 23.4 Å². The Labute approximate surface area is 226 Å². The maximum absolute atomic E-state index is 11.7. The van der Waals surface area contributed by atoms with E-state index in [1.54, 1.807) is 24.4 Å². The summed E-state index contributed by atoms with van der Waals surface area (Å²) in [6.07, 6.45) is 8.69. The van der Waals surface area contributed by atoms with Crippen LogP contribution in [0.4, 0.5) is 5.69 Å². The number of pyridine rings is 1. The molecule has 6 rings (SSSR count). The fraction of sp³-hybridized carbons (Fsp3) is 0.233. The minimum absolute atomic E-state index is 0.213. The highest BCUT2D eigenvalue weighted by atomic mass is 32.1. The highest BCUT2D eigenvalue weighted by Gasteiger charge is 2.42.